The molecule has 1 N–H and O–H groups in total. The predicted molar refractivity (Wildman–Crippen MR) is 65.1 cm³/mol. The van der Waals surface area contributed by atoms with Crippen LogP contribution in [0, 0.1) is 5.92 Å². The molecular weight excluding hydrogens is 214 g/mol. The van der Waals surface area contributed by atoms with Crippen LogP contribution >= 0.6 is 0 Å². The number of rotatable bonds is 1. The fourth-order valence-corrected chi connectivity index (χ4v) is 2.67. The molecule has 2 bridgehead atoms. The maximum absolute atomic E-state index is 12.1. The average Bonchev–Trinajstić information content (AvgIpc) is 2.35. The van der Waals surface area contributed by atoms with Crippen molar-refractivity contribution in [2.75, 3.05) is 13.1 Å². The molecule has 4 rings (SSSR count). The molecule has 3 saturated heterocycles. The van der Waals surface area contributed by atoms with Crippen LogP contribution in [0.3, 0.4) is 0 Å². The number of Topliss-reactive ketones (excluding diaryl/α,β-unsaturated/α-hetero) is 1. The number of fused-ring (bicyclic) bond motifs is 3. The number of aliphatic hydroxyl groups excluding tert-OH is 1. The second-order valence-electron chi connectivity index (χ2n) is 4.71. The molecule has 3 heteroatoms. The molecule has 1 aromatic rings. The maximum Gasteiger partial charge on any atom is 0.184 e. The van der Waals surface area contributed by atoms with Crippen LogP contribution in [0.25, 0.3) is 6.08 Å². The quantitative estimate of drug-likeness (QED) is 0.738. The van der Waals surface area contributed by atoms with Gasteiger partial charge in [0.2, 0.25) is 0 Å². The van der Waals surface area contributed by atoms with Crippen LogP contribution < -0.4 is 0 Å². The summed E-state index contributed by atoms with van der Waals surface area (Å²) in [4.78, 5) is 14.1. The Balaban J connectivity index is 1.94. The third-order valence-electron chi connectivity index (χ3n) is 3.61. The second-order valence-corrected chi connectivity index (χ2v) is 4.71. The number of benzene rings is 1. The van der Waals surface area contributed by atoms with Crippen LogP contribution in [0.5, 0.6) is 0 Å². The van der Waals surface area contributed by atoms with Gasteiger partial charge in [-0.15, -0.1) is 0 Å². The Morgan fingerprint density at radius 3 is 2.71 bits per heavy atom. The SMILES string of the molecule is O=C1/C(=C/c2ccccc2)N2CC[C@@H]1[C@@H](O)C2. The Hall–Kier alpha value is -1.61. The van der Waals surface area contributed by atoms with Crippen LogP contribution in [-0.4, -0.2) is 35.0 Å². The minimum atomic E-state index is -0.482. The van der Waals surface area contributed by atoms with Gasteiger partial charge in [0.25, 0.3) is 0 Å². The van der Waals surface area contributed by atoms with Crippen LogP contribution in [-0.2, 0) is 4.79 Å². The van der Waals surface area contributed by atoms with Crippen molar-refractivity contribution in [2.45, 2.75) is 12.5 Å². The number of ketones is 1. The van der Waals surface area contributed by atoms with E-state index in [9.17, 15) is 9.90 Å². The number of carbonyl (C=O) groups excluding carboxylic acids is 1. The second kappa shape index (κ2) is 4.00. The molecule has 0 aliphatic carbocycles. The van der Waals surface area contributed by atoms with Crippen molar-refractivity contribution in [3.05, 3.63) is 41.6 Å². The number of piperidine rings is 3. The highest BCUT2D eigenvalue weighted by atomic mass is 16.3. The number of nitrogens with zero attached hydrogens (tertiary/aromatic N) is 1. The summed E-state index contributed by atoms with van der Waals surface area (Å²) in [5, 5.41) is 9.76. The zero-order chi connectivity index (χ0) is 11.8. The Labute approximate surface area is 100 Å². The van der Waals surface area contributed by atoms with Gasteiger partial charge in [-0.2, -0.15) is 0 Å². The van der Waals surface area contributed by atoms with Crippen molar-refractivity contribution in [1.29, 1.82) is 0 Å². The van der Waals surface area contributed by atoms with Gasteiger partial charge in [0.05, 0.1) is 17.7 Å². The molecule has 1 aromatic carbocycles. The number of hydrogen-bond acceptors (Lipinski definition) is 3. The van der Waals surface area contributed by atoms with Gasteiger partial charge >= 0.3 is 0 Å². The third-order valence-corrected chi connectivity index (χ3v) is 3.61. The minimum absolute atomic E-state index is 0.0962. The summed E-state index contributed by atoms with van der Waals surface area (Å²) in [6.07, 6.45) is 2.23. The van der Waals surface area contributed by atoms with Gasteiger partial charge < -0.3 is 10.0 Å². The molecule has 3 aliphatic heterocycles. The Morgan fingerprint density at radius 1 is 1.29 bits per heavy atom. The summed E-state index contributed by atoms with van der Waals surface area (Å²) in [7, 11) is 0. The van der Waals surface area contributed by atoms with Crippen LogP contribution in [0.4, 0.5) is 0 Å². The summed E-state index contributed by atoms with van der Waals surface area (Å²) in [6, 6.07) is 9.85. The lowest BCUT2D eigenvalue weighted by Gasteiger charge is -2.44. The number of carbonyl (C=O) groups is 1. The number of aliphatic hydroxyl groups is 1. The zero-order valence-electron chi connectivity index (χ0n) is 9.54. The van der Waals surface area contributed by atoms with E-state index in [1.165, 1.54) is 0 Å². The first-order chi connectivity index (χ1) is 8.25. The van der Waals surface area contributed by atoms with Gasteiger partial charge in [-0.1, -0.05) is 30.3 Å². The molecule has 3 nitrogen and oxygen atoms in total. The first-order valence-corrected chi connectivity index (χ1v) is 5.99. The molecule has 0 amide bonds. The average molecular weight is 229 g/mol. The Kier molecular flexibility index (Phi) is 2.48. The minimum Gasteiger partial charge on any atom is -0.391 e. The van der Waals surface area contributed by atoms with E-state index in [0.29, 0.717) is 6.54 Å². The lowest BCUT2D eigenvalue weighted by Crippen LogP contribution is -2.54. The van der Waals surface area contributed by atoms with Crippen molar-refractivity contribution >= 4 is 11.9 Å². The fourth-order valence-electron chi connectivity index (χ4n) is 2.67. The van der Waals surface area contributed by atoms with Crippen LogP contribution in [0.1, 0.15) is 12.0 Å². The molecule has 2 atom stereocenters. The van der Waals surface area contributed by atoms with Crippen molar-refractivity contribution in [3.63, 3.8) is 0 Å². The molecule has 88 valence electrons. The predicted octanol–water partition coefficient (Wildman–Crippen LogP) is 1.29. The monoisotopic (exact) mass is 229 g/mol. The summed E-state index contributed by atoms with van der Waals surface area (Å²) in [5.41, 5.74) is 1.80. The van der Waals surface area contributed by atoms with E-state index in [1.54, 1.807) is 0 Å². The van der Waals surface area contributed by atoms with Crippen molar-refractivity contribution in [2.24, 2.45) is 5.92 Å². The fraction of sp³-hybridized carbons (Fsp3) is 0.357. The van der Waals surface area contributed by atoms with E-state index in [2.05, 4.69) is 0 Å². The molecule has 3 heterocycles. The van der Waals surface area contributed by atoms with Gasteiger partial charge in [-0.05, 0) is 18.1 Å². The van der Waals surface area contributed by atoms with E-state index in [1.807, 2.05) is 41.3 Å². The topological polar surface area (TPSA) is 40.5 Å². The van der Waals surface area contributed by atoms with E-state index in [-0.39, 0.29) is 11.7 Å². The smallest absolute Gasteiger partial charge is 0.184 e. The highest BCUT2D eigenvalue weighted by Crippen LogP contribution is 2.32. The van der Waals surface area contributed by atoms with Gasteiger partial charge in [0.15, 0.2) is 5.78 Å². The molecule has 0 spiro atoms. The van der Waals surface area contributed by atoms with Gasteiger partial charge in [-0.25, -0.2) is 0 Å². The lowest BCUT2D eigenvalue weighted by atomic mass is 9.82. The lowest BCUT2D eigenvalue weighted by molar-refractivity contribution is -0.132. The first-order valence-electron chi connectivity index (χ1n) is 5.99. The van der Waals surface area contributed by atoms with Crippen LogP contribution in [0.2, 0.25) is 0 Å². The van der Waals surface area contributed by atoms with Crippen molar-refractivity contribution < 1.29 is 9.90 Å². The van der Waals surface area contributed by atoms with E-state index >= 15 is 0 Å². The standard InChI is InChI=1S/C14H15NO2/c16-13-9-15-7-6-11(13)14(17)12(15)8-10-4-2-1-3-5-10/h1-5,8,11,13,16H,6-7,9H2/b12-8-/t11-,13+/m1/s1. The highest BCUT2D eigenvalue weighted by molar-refractivity contribution is 6.02. The van der Waals surface area contributed by atoms with Gasteiger partial charge in [0, 0.05) is 13.1 Å². The van der Waals surface area contributed by atoms with Crippen molar-refractivity contribution in [1.82, 2.24) is 4.90 Å². The van der Waals surface area contributed by atoms with E-state index < -0.39 is 6.10 Å². The zero-order valence-corrected chi connectivity index (χ0v) is 9.54. The Bertz CT molecular complexity index is 466. The summed E-state index contributed by atoms with van der Waals surface area (Å²) in [5.74, 6) is -0.0891. The highest BCUT2D eigenvalue weighted by Gasteiger charge is 2.42. The summed E-state index contributed by atoms with van der Waals surface area (Å²) in [6.45, 7) is 1.47. The normalized spacial score (nSPS) is 30.1. The number of allylic oxidation sites excluding steroid dienone is 1. The molecule has 0 aromatic heterocycles. The molecule has 17 heavy (non-hydrogen) atoms. The maximum atomic E-state index is 12.1. The van der Waals surface area contributed by atoms with Gasteiger partial charge in [0.1, 0.15) is 0 Å². The number of hydrogen-bond donors (Lipinski definition) is 1. The first kappa shape index (κ1) is 10.5. The molecule has 0 radical (unpaired) electrons. The molecule has 0 unspecified atom stereocenters. The van der Waals surface area contributed by atoms with Crippen molar-refractivity contribution in [3.8, 4) is 0 Å². The third kappa shape index (κ3) is 1.76. The van der Waals surface area contributed by atoms with Gasteiger partial charge in [-0.3, -0.25) is 4.79 Å². The van der Waals surface area contributed by atoms with E-state index in [0.717, 1.165) is 24.2 Å². The molecule has 3 fully saturated rings. The summed E-state index contributed by atoms with van der Waals surface area (Å²) < 4.78 is 0. The molecular formula is C14H15NO2. The van der Waals surface area contributed by atoms with Crippen LogP contribution in [0.15, 0.2) is 36.0 Å². The largest absolute Gasteiger partial charge is 0.391 e. The van der Waals surface area contributed by atoms with E-state index in [4.69, 9.17) is 0 Å². The Morgan fingerprint density at radius 2 is 2.06 bits per heavy atom. The molecule has 0 saturated carbocycles. The summed E-state index contributed by atoms with van der Waals surface area (Å²) >= 11 is 0. The molecule has 3 aliphatic rings.